The highest BCUT2D eigenvalue weighted by Crippen LogP contribution is 2.32. The maximum Gasteiger partial charge on any atom is 0.311 e. The third-order valence-corrected chi connectivity index (χ3v) is 4.24. The molecular weight excluding hydrogens is 320 g/mol. The highest BCUT2D eigenvalue weighted by Gasteiger charge is 2.29. The minimum Gasteiger partial charge on any atom is -0.481 e. The van der Waals surface area contributed by atoms with Gasteiger partial charge in [0.1, 0.15) is 6.23 Å². The molecule has 1 aliphatic heterocycles. The summed E-state index contributed by atoms with van der Waals surface area (Å²) in [7, 11) is 0. The first-order chi connectivity index (χ1) is 10.9. The molecular formula is C14H20N4O4S. The molecule has 0 aromatic carbocycles. The molecule has 9 heteroatoms. The molecule has 0 saturated carbocycles. The summed E-state index contributed by atoms with van der Waals surface area (Å²) in [5.41, 5.74) is 6.19. The van der Waals surface area contributed by atoms with Crippen molar-refractivity contribution in [2.75, 3.05) is 5.73 Å². The molecule has 3 N–H and O–H groups in total. The molecule has 0 aliphatic carbocycles. The predicted octanol–water partition coefficient (Wildman–Crippen LogP) is 2.00. The fourth-order valence-corrected chi connectivity index (χ4v) is 3.35. The van der Waals surface area contributed by atoms with Crippen LogP contribution in [0.3, 0.4) is 0 Å². The van der Waals surface area contributed by atoms with Crippen molar-refractivity contribution in [1.29, 1.82) is 0 Å². The second kappa shape index (κ2) is 7.51. The van der Waals surface area contributed by atoms with Gasteiger partial charge in [-0.3, -0.25) is 14.2 Å². The smallest absolute Gasteiger partial charge is 0.311 e. The predicted molar refractivity (Wildman–Crippen MR) is 87.4 cm³/mol. The van der Waals surface area contributed by atoms with Crippen molar-refractivity contribution in [3.05, 3.63) is 15.9 Å². The molecule has 126 valence electrons. The van der Waals surface area contributed by atoms with E-state index in [9.17, 15) is 4.79 Å². The van der Waals surface area contributed by atoms with Crippen molar-refractivity contribution in [3.63, 3.8) is 0 Å². The first-order valence-electron chi connectivity index (χ1n) is 7.41. The van der Waals surface area contributed by atoms with Gasteiger partial charge in [-0.1, -0.05) is 24.7 Å². The van der Waals surface area contributed by atoms with Crippen molar-refractivity contribution in [2.24, 2.45) is 0 Å². The summed E-state index contributed by atoms with van der Waals surface area (Å²) < 4.78 is 8.31. The first-order valence-corrected chi connectivity index (χ1v) is 8.22. The van der Waals surface area contributed by atoms with Gasteiger partial charge < -0.3 is 15.6 Å². The van der Waals surface area contributed by atoms with Crippen LogP contribution >= 0.6 is 11.3 Å². The topological polar surface area (TPSA) is 120 Å². The molecule has 0 bridgehead atoms. The molecule has 0 amide bonds. The van der Waals surface area contributed by atoms with Gasteiger partial charge in [0.05, 0.1) is 17.0 Å². The van der Waals surface area contributed by atoms with Gasteiger partial charge in [-0.2, -0.15) is 4.98 Å². The summed E-state index contributed by atoms with van der Waals surface area (Å²) in [4.78, 5) is 29.1. The Hall–Kier alpha value is -2.00. The molecule has 1 aliphatic rings. The second-order valence-corrected chi connectivity index (χ2v) is 6.25. The second-order valence-electron chi connectivity index (χ2n) is 5.25. The third kappa shape index (κ3) is 4.26. The Morgan fingerprint density at radius 3 is 2.91 bits per heavy atom. The molecule has 3 heterocycles. The van der Waals surface area contributed by atoms with E-state index in [1.807, 2.05) is 0 Å². The summed E-state index contributed by atoms with van der Waals surface area (Å²) in [5.74, 6) is -0.651. The van der Waals surface area contributed by atoms with Gasteiger partial charge in [0.15, 0.2) is 5.65 Å². The maximum absolute atomic E-state index is 12.1. The number of aliphatic carboxylic acids is 1. The van der Waals surface area contributed by atoms with Crippen LogP contribution in [-0.2, 0) is 9.53 Å². The number of rotatable bonds is 3. The number of nitrogens with two attached hydrogens (primary N) is 1. The number of carbonyl (C=O) groups is 1. The lowest BCUT2D eigenvalue weighted by molar-refractivity contribution is -0.134. The van der Waals surface area contributed by atoms with Crippen LogP contribution in [0.25, 0.3) is 10.3 Å². The lowest BCUT2D eigenvalue weighted by atomic mass is 10.1. The quantitative estimate of drug-likeness (QED) is 0.876. The fourth-order valence-electron chi connectivity index (χ4n) is 2.51. The van der Waals surface area contributed by atoms with Crippen LogP contribution in [0.4, 0.5) is 5.95 Å². The van der Waals surface area contributed by atoms with E-state index >= 15 is 0 Å². The van der Waals surface area contributed by atoms with Gasteiger partial charge in [-0.25, -0.2) is 4.98 Å². The average molecular weight is 340 g/mol. The van der Waals surface area contributed by atoms with Gasteiger partial charge in [-0.15, -0.1) is 0 Å². The molecule has 1 saturated heterocycles. The van der Waals surface area contributed by atoms with Crippen molar-refractivity contribution >= 4 is 33.6 Å². The minimum atomic E-state index is -0.833. The Morgan fingerprint density at radius 2 is 2.26 bits per heavy atom. The lowest BCUT2D eigenvalue weighted by Crippen LogP contribution is -2.20. The number of carboxylic acid groups (broad SMARTS) is 1. The number of anilines is 1. The molecule has 0 radical (unpaired) electrons. The number of ether oxygens (including phenoxy) is 1. The number of hydrogen-bond acceptors (Lipinski definition) is 7. The van der Waals surface area contributed by atoms with Crippen molar-refractivity contribution < 1.29 is 14.6 Å². The van der Waals surface area contributed by atoms with E-state index in [1.165, 1.54) is 0 Å². The number of aromatic nitrogens is 3. The normalized spacial score (nSPS) is 20.3. The standard InChI is InChI=1S/C12H16N4O2S.C2H4O2/c1-2-3-7-4-5-9(18-7)16-10-8(19-12(16)17)6-14-11(13)15-10;1-2(3)4/h6-7,9H,2-5H2,1H3,(H2,13,14,15);1H3,(H,3,4). The Balaban J connectivity index is 0.000000433. The number of thiazole rings is 1. The van der Waals surface area contributed by atoms with E-state index in [0.29, 0.717) is 5.65 Å². The van der Waals surface area contributed by atoms with Crippen LogP contribution in [0.5, 0.6) is 0 Å². The summed E-state index contributed by atoms with van der Waals surface area (Å²) in [6.45, 7) is 3.22. The Morgan fingerprint density at radius 1 is 1.57 bits per heavy atom. The van der Waals surface area contributed by atoms with Crippen molar-refractivity contribution in [3.8, 4) is 0 Å². The molecule has 2 aromatic heterocycles. The monoisotopic (exact) mass is 340 g/mol. The summed E-state index contributed by atoms with van der Waals surface area (Å²) in [5, 5.41) is 7.42. The highest BCUT2D eigenvalue weighted by atomic mass is 32.1. The Labute approximate surface area is 136 Å². The SMILES string of the molecule is CC(=O)O.CCCC1CCC(n2c(=O)sc3cnc(N)nc32)O1. The lowest BCUT2D eigenvalue weighted by Gasteiger charge is -2.14. The number of hydrogen-bond donors (Lipinski definition) is 2. The van der Waals surface area contributed by atoms with Gasteiger partial charge in [-0.05, 0) is 19.3 Å². The van der Waals surface area contributed by atoms with Gasteiger partial charge in [0, 0.05) is 6.92 Å². The first kappa shape index (κ1) is 17.4. The van der Waals surface area contributed by atoms with E-state index in [4.69, 9.17) is 20.4 Å². The maximum atomic E-state index is 12.1. The van der Waals surface area contributed by atoms with Gasteiger partial charge in [0.25, 0.3) is 5.97 Å². The molecule has 2 unspecified atom stereocenters. The molecule has 2 atom stereocenters. The van der Waals surface area contributed by atoms with Crippen molar-refractivity contribution in [2.45, 2.75) is 51.9 Å². The third-order valence-electron chi connectivity index (χ3n) is 3.36. The molecule has 23 heavy (non-hydrogen) atoms. The number of fused-ring (bicyclic) bond motifs is 1. The zero-order chi connectivity index (χ0) is 17.0. The Bertz CT molecular complexity index is 738. The number of nitrogens with zero attached hydrogens (tertiary/aromatic N) is 3. The summed E-state index contributed by atoms with van der Waals surface area (Å²) >= 11 is 1.14. The summed E-state index contributed by atoms with van der Waals surface area (Å²) in [6, 6.07) is 0. The molecule has 2 aromatic rings. The van der Waals surface area contributed by atoms with Crippen LogP contribution in [0.2, 0.25) is 0 Å². The van der Waals surface area contributed by atoms with E-state index in [-0.39, 0.29) is 23.2 Å². The number of nitrogen functional groups attached to an aromatic ring is 1. The van der Waals surface area contributed by atoms with E-state index < -0.39 is 5.97 Å². The molecule has 3 rings (SSSR count). The van der Waals surface area contributed by atoms with Gasteiger partial charge >= 0.3 is 4.87 Å². The zero-order valence-corrected chi connectivity index (χ0v) is 13.9. The van der Waals surface area contributed by atoms with E-state index in [2.05, 4.69) is 16.9 Å². The molecule has 0 spiro atoms. The van der Waals surface area contributed by atoms with Crippen molar-refractivity contribution in [1.82, 2.24) is 14.5 Å². The Kier molecular flexibility index (Phi) is 5.67. The fraction of sp³-hybridized carbons (Fsp3) is 0.571. The van der Waals surface area contributed by atoms with Crippen LogP contribution in [0.15, 0.2) is 11.0 Å². The van der Waals surface area contributed by atoms with E-state index in [0.717, 1.165) is 48.6 Å². The largest absolute Gasteiger partial charge is 0.481 e. The molecule has 8 nitrogen and oxygen atoms in total. The average Bonchev–Trinajstić information content (AvgIpc) is 3.02. The number of carboxylic acids is 1. The van der Waals surface area contributed by atoms with Crippen LogP contribution in [0, 0.1) is 0 Å². The zero-order valence-electron chi connectivity index (χ0n) is 13.1. The summed E-state index contributed by atoms with van der Waals surface area (Å²) in [6.07, 6.45) is 5.58. The van der Waals surface area contributed by atoms with Crippen LogP contribution in [-0.4, -0.2) is 31.7 Å². The molecule has 1 fully saturated rings. The van der Waals surface area contributed by atoms with Crippen LogP contribution in [0.1, 0.15) is 45.8 Å². The van der Waals surface area contributed by atoms with E-state index in [1.54, 1.807) is 10.8 Å². The minimum absolute atomic E-state index is 0.0583. The highest BCUT2D eigenvalue weighted by molar-refractivity contribution is 7.16. The van der Waals surface area contributed by atoms with Crippen LogP contribution < -0.4 is 10.6 Å². The van der Waals surface area contributed by atoms with Gasteiger partial charge in [0.2, 0.25) is 5.95 Å².